The lowest BCUT2D eigenvalue weighted by Gasteiger charge is -2.22. The molecule has 0 bridgehead atoms. The first kappa shape index (κ1) is 15.1. The molecule has 0 atom stereocenters. The number of rotatable bonds is 3. The Morgan fingerprint density at radius 3 is 2.79 bits per heavy atom. The van der Waals surface area contributed by atoms with Crippen LogP contribution in [-0.4, -0.2) is 24.6 Å². The molecule has 0 spiro atoms. The lowest BCUT2D eigenvalue weighted by molar-refractivity contribution is 0.282. The van der Waals surface area contributed by atoms with Gasteiger partial charge in [-0.1, -0.05) is 43.5 Å². The van der Waals surface area contributed by atoms with Gasteiger partial charge in [0.2, 0.25) is 0 Å². The number of hydrogen-bond acceptors (Lipinski definition) is 4. The van der Waals surface area contributed by atoms with Crippen LogP contribution in [0.5, 0.6) is 0 Å². The summed E-state index contributed by atoms with van der Waals surface area (Å²) in [4.78, 5) is 24.3. The predicted molar refractivity (Wildman–Crippen MR) is 91.6 cm³/mol. The fourth-order valence-corrected chi connectivity index (χ4v) is 3.62. The largest absolute Gasteiger partial charge is 0.392 e. The van der Waals surface area contributed by atoms with E-state index in [2.05, 4.69) is 15.0 Å². The highest BCUT2D eigenvalue weighted by Crippen LogP contribution is 2.29. The zero-order valence-corrected chi connectivity index (χ0v) is 13.4. The second-order valence-electron chi connectivity index (χ2n) is 6.33. The third-order valence-corrected chi connectivity index (χ3v) is 4.83. The molecule has 2 heterocycles. The van der Waals surface area contributed by atoms with E-state index < -0.39 is 0 Å². The number of fused-ring (bicyclic) bond motifs is 1. The van der Waals surface area contributed by atoms with Crippen molar-refractivity contribution in [1.82, 2.24) is 19.5 Å². The molecule has 3 aromatic rings. The molecule has 1 saturated carbocycles. The number of nitrogens with zero attached hydrogens (tertiary/aromatic N) is 3. The molecule has 6 heteroatoms. The normalized spacial score (nSPS) is 15.9. The number of aliphatic hydroxyl groups is 1. The van der Waals surface area contributed by atoms with Crippen LogP contribution >= 0.6 is 0 Å². The first-order valence-corrected chi connectivity index (χ1v) is 8.44. The van der Waals surface area contributed by atoms with Gasteiger partial charge in [-0.05, 0) is 18.4 Å². The Labute approximate surface area is 139 Å². The average molecular weight is 324 g/mol. The number of H-pyrrole nitrogens is 1. The first-order valence-electron chi connectivity index (χ1n) is 8.44. The molecule has 1 fully saturated rings. The van der Waals surface area contributed by atoms with E-state index in [1.54, 1.807) is 10.8 Å². The molecule has 0 unspecified atom stereocenters. The summed E-state index contributed by atoms with van der Waals surface area (Å²) in [6, 6.07) is 7.75. The van der Waals surface area contributed by atoms with Gasteiger partial charge in [-0.25, -0.2) is 14.8 Å². The third-order valence-electron chi connectivity index (χ3n) is 4.83. The standard InChI is InChI=1S/C18H20N4O2/c23-11-12-6-4-5-9-14(12)15-10-19-17-16(20-15)21-18(24)22(17)13-7-2-1-3-8-13/h4-6,9-10,13,23H,1-3,7-8,11H2,(H,20,21,24). The van der Waals surface area contributed by atoms with Gasteiger partial charge in [0.25, 0.3) is 0 Å². The molecule has 4 rings (SSSR count). The third kappa shape index (κ3) is 2.53. The maximum absolute atomic E-state index is 12.4. The van der Waals surface area contributed by atoms with Crippen LogP contribution in [0.3, 0.4) is 0 Å². The fraction of sp³-hybridized carbons (Fsp3) is 0.389. The van der Waals surface area contributed by atoms with Crippen molar-refractivity contribution in [3.8, 4) is 11.3 Å². The quantitative estimate of drug-likeness (QED) is 0.776. The van der Waals surface area contributed by atoms with Gasteiger partial charge >= 0.3 is 5.69 Å². The van der Waals surface area contributed by atoms with Crippen molar-refractivity contribution in [1.29, 1.82) is 0 Å². The zero-order chi connectivity index (χ0) is 16.5. The van der Waals surface area contributed by atoms with Crippen LogP contribution < -0.4 is 5.69 Å². The van der Waals surface area contributed by atoms with Gasteiger partial charge in [-0.3, -0.25) is 9.55 Å². The monoisotopic (exact) mass is 324 g/mol. The zero-order valence-electron chi connectivity index (χ0n) is 13.4. The molecule has 6 nitrogen and oxygen atoms in total. The lowest BCUT2D eigenvalue weighted by atomic mass is 9.95. The van der Waals surface area contributed by atoms with Gasteiger partial charge in [0.05, 0.1) is 18.5 Å². The average Bonchev–Trinajstić information content (AvgIpc) is 2.97. The van der Waals surface area contributed by atoms with Crippen molar-refractivity contribution >= 4 is 11.3 Å². The molecular weight excluding hydrogens is 304 g/mol. The van der Waals surface area contributed by atoms with Crippen LogP contribution in [0.25, 0.3) is 22.6 Å². The number of hydrogen-bond donors (Lipinski definition) is 2. The van der Waals surface area contributed by atoms with Crippen molar-refractivity contribution < 1.29 is 5.11 Å². The maximum atomic E-state index is 12.4. The predicted octanol–water partition coefficient (Wildman–Crippen LogP) is 2.78. The van der Waals surface area contributed by atoms with E-state index in [1.807, 2.05) is 24.3 Å². The second-order valence-corrected chi connectivity index (χ2v) is 6.33. The minimum atomic E-state index is -0.135. The summed E-state index contributed by atoms with van der Waals surface area (Å²) >= 11 is 0. The summed E-state index contributed by atoms with van der Waals surface area (Å²) in [5, 5.41) is 9.50. The Morgan fingerprint density at radius 1 is 1.21 bits per heavy atom. The summed E-state index contributed by atoms with van der Waals surface area (Å²) < 4.78 is 1.77. The van der Waals surface area contributed by atoms with Crippen molar-refractivity contribution in [2.45, 2.75) is 44.8 Å². The fourth-order valence-electron chi connectivity index (χ4n) is 3.62. The molecule has 0 aliphatic heterocycles. The van der Waals surface area contributed by atoms with Gasteiger partial charge < -0.3 is 5.11 Å². The molecule has 1 aromatic carbocycles. The molecule has 2 aromatic heterocycles. The molecule has 24 heavy (non-hydrogen) atoms. The summed E-state index contributed by atoms with van der Waals surface area (Å²) in [5.74, 6) is 0. The molecule has 0 amide bonds. The van der Waals surface area contributed by atoms with Crippen LogP contribution in [0.4, 0.5) is 0 Å². The van der Waals surface area contributed by atoms with Crippen molar-refractivity contribution in [3.63, 3.8) is 0 Å². The van der Waals surface area contributed by atoms with Gasteiger partial charge in [0, 0.05) is 11.6 Å². The summed E-state index contributed by atoms with van der Waals surface area (Å²) in [5.41, 5.74) is 3.28. The highest BCUT2D eigenvalue weighted by molar-refractivity contribution is 5.72. The van der Waals surface area contributed by atoms with Crippen LogP contribution in [-0.2, 0) is 6.61 Å². The van der Waals surface area contributed by atoms with Crippen LogP contribution in [0.2, 0.25) is 0 Å². The van der Waals surface area contributed by atoms with E-state index in [-0.39, 0.29) is 18.3 Å². The Balaban J connectivity index is 1.81. The van der Waals surface area contributed by atoms with Crippen molar-refractivity contribution in [2.75, 3.05) is 0 Å². The topological polar surface area (TPSA) is 83.8 Å². The van der Waals surface area contributed by atoms with Crippen molar-refractivity contribution in [3.05, 3.63) is 46.5 Å². The van der Waals surface area contributed by atoms with E-state index in [0.717, 1.165) is 36.8 Å². The number of imidazole rings is 1. The number of nitrogens with one attached hydrogen (secondary N) is 1. The molecular formula is C18H20N4O2. The van der Waals surface area contributed by atoms with Crippen LogP contribution in [0, 0.1) is 0 Å². The highest BCUT2D eigenvalue weighted by atomic mass is 16.3. The molecule has 1 aliphatic carbocycles. The Bertz CT molecular complexity index is 922. The van der Waals surface area contributed by atoms with E-state index in [4.69, 9.17) is 0 Å². The Morgan fingerprint density at radius 2 is 2.00 bits per heavy atom. The number of benzene rings is 1. The first-order chi connectivity index (χ1) is 11.8. The number of aliphatic hydroxyl groups excluding tert-OH is 1. The molecule has 0 saturated heterocycles. The second kappa shape index (κ2) is 6.20. The summed E-state index contributed by atoms with van der Waals surface area (Å²) in [6.45, 7) is -0.0600. The SMILES string of the molecule is O=c1[nH]c2nc(-c3ccccc3CO)cnc2n1C1CCCCC1. The molecule has 124 valence electrons. The van der Waals surface area contributed by atoms with Crippen LogP contribution in [0.15, 0.2) is 35.3 Å². The number of aromatic amines is 1. The Hall–Kier alpha value is -2.47. The van der Waals surface area contributed by atoms with Gasteiger partial charge in [-0.15, -0.1) is 0 Å². The Kier molecular flexibility index (Phi) is 3.90. The van der Waals surface area contributed by atoms with Gasteiger partial charge in [0.1, 0.15) is 0 Å². The highest BCUT2D eigenvalue weighted by Gasteiger charge is 2.21. The lowest BCUT2D eigenvalue weighted by Crippen LogP contribution is -2.24. The van der Waals surface area contributed by atoms with E-state index in [0.29, 0.717) is 17.0 Å². The smallest absolute Gasteiger partial charge is 0.329 e. The minimum absolute atomic E-state index is 0.0600. The van der Waals surface area contributed by atoms with Crippen molar-refractivity contribution in [2.24, 2.45) is 0 Å². The molecule has 2 N–H and O–H groups in total. The maximum Gasteiger partial charge on any atom is 0.329 e. The molecule has 1 aliphatic rings. The van der Waals surface area contributed by atoms with Crippen LogP contribution in [0.1, 0.15) is 43.7 Å². The van der Waals surface area contributed by atoms with E-state index in [1.165, 1.54) is 6.42 Å². The summed E-state index contributed by atoms with van der Waals surface area (Å²) in [7, 11) is 0. The summed E-state index contributed by atoms with van der Waals surface area (Å²) in [6.07, 6.45) is 7.26. The van der Waals surface area contributed by atoms with Gasteiger partial charge in [0.15, 0.2) is 11.3 Å². The molecule has 0 radical (unpaired) electrons. The minimum Gasteiger partial charge on any atom is -0.392 e. The van der Waals surface area contributed by atoms with E-state index >= 15 is 0 Å². The van der Waals surface area contributed by atoms with Gasteiger partial charge in [-0.2, -0.15) is 0 Å². The number of aromatic nitrogens is 4. The van der Waals surface area contributed by atoms with E-state index in [9.17, 15) is 9.90 Å².